The Bertz CT molecular complexity index is 668. The van der Waals surface area contributed by atoms with Gasteiger partial charge in [-0.25, -0.2) is 0 Å². The molecular weight excluding hydrogens is 300 g/mol. The van der Waals surface area contributed by atoms with Gasteiger partial charge in [-0.1, -0.05) is 48.5 Å². The number of hydrogen-bond acceptors (Lipinski definition) is 3. The van der Waals surface area contributed by atoms with Crippen LogP contribution in [0.4, 0.5) is 0 Å². The lowest BCUT2D eigenvalue weighted by atomic mass is 9.92. The van der Waals surface area contributed by atoms with Crippen LogP contribution in [0.3, 0.4) is 0 Å². The normalized spacial score (nSPS) is 27.2. The minimum atomic E-state index is -0.600. The maximum absolute atomic E-state index is 10.4. The van der Waals surface area contributed by atoms with Gasteiger partial charge in [0.05, 0.1) is 24.9 Å². The smallest absolute Gasteiger partial charge is 0.106 e. The summed E-state index contributed by atoms with van der Waals surface area (Å²) in [5, 5.41) is 10.4. The first-order valence-corrected chi connectivity index (χ1v) is 8.61. The topological polar surface area (TPSA) is 38.7 Å². The van der Waals surface area contributed by atoms with Crippen LogP contribution in [0, 0.1) is 13.8 Å². The van der Waals surface area contributed by atoms with Crippen LogP contribution >= 0.6 is 0 Å². The van der Waals surface area contributed by atoms with Crippen molar-refractivity contribution >= 4 is 0 Å². The van der Waals surface area contributed by atoms with Crippen LogP contribution in [0.2, 0.25) is 0 Å². The molecule has 1 fully saturated rings. The van der Waals surface area contributed by atoms with E-state index in [1.165, 1.54) is 11.1 Å². The molecule has 24 heavy (non-hydrogen) atoms. The zero-order valence-corrected chi connectivity index (χ0v) is 14.6. The molecule has 0 aliphatic carbocycles. The zero-order chi connectivity index (χ0) is 17.1. The minimum Gasteiger partial charge on any atom is -0.388 e. The van der Waals surface area contributed by atoms with Crippen molar-refractivity contribution in [3.05, 3.63) is 70.8 Å². The summed E-state index contributed by atoms with van der Waals surface area (Å²) < 4.78 is 12.1. The third kappa shape index (κ3) is 3.86. The summed E-state index contributed by atoms with van der Waals surface area (Å²) in [6, 6.07) is 16.5. The van der Waals surface area contributed by atoms with Crippen molar-refractivity contribution in [3.8, 4) is 0 Å². The maximum Gasteiger partial charge on any atom is 0.106 e. The van der Waals surface area contributed by atoms with Gasteiger partial charge in [-0.05, 0) is 43.0 Å². The molecule has 1 aliphatic rings. The SMILES string of the molecule is Cc1ccc([C@H]2C[C@@H](OCc3ccccc3)C(O)[C@@H](C)O2)cc1C. The zero-order valence-electron chi connectivity index (χ0n) is 14.6. The predicted molar refractivity (Wildman–Crippen MR) is 94.8 cm³/mol. The molecule has 2 aromatic rings. The monoisotopic (exact) mass is 326 g/mol. The lowest BCUT2D eigenvalue weighted by Gasteiger charge is -2.38. The van der Waals surface area contributed by atoms with Crippen molar-refractivity contribution in [3.63, 3.8) is 0 Å². The van der Waals surface area contributed by atoms with E-state index in [0.29, 0.717) is 13.0 Å². The molecule has 3 nitrogen and oxygen atoms in total. The molecule has 3 heteroatoms. The van der Waals surface area contributed by atoms with Crippen molar-refractivity contribution in [2.24, 2.45) is 0 Å². The lowest BCUT2D eigenvalue weighted by Crippen LogP contribution is -2.45. The van der Waals surface area contributed by atoms with Crippen molar-refractivity contribution < 1.29 is 14.6 Å². The van der Waals surface area contributed by atoms with Crippen molar-refractivity contribution in [2.45, 2.75) is 58.2 Å². The fourth-order valence-corrected chi connectivity index (χ4v) is 3.17. The Kier molecular flexibility index (Phi) is 5.34. The van der Waals surface area contributed by atoms with E-state index in [1.54, 1.807) is 0 Å². The van der Waals surface area contributed by atoms with Gasteiger partial charge in [0.25, 0.3) is 0 Å². The van der Waals surface area contributed by atoms with Gasteiger partial charge in [0.15, 0.2) is 0 Å². The van der Waals surface area contributed by atoms with E-state index in [2.05, 4.69) is 32.0 Å². The molecule has 0 saturated carbocycles. The van der Waals surface area contributed by atoms with Crippen LogP contribution in [0.25, 0.3) is 0 Å². The van der Waals surface area contributed by atoms with Gasteiger partial charge in [-0.3, -0.25) is 0 Å². The van der Waals surface area contributed by atoms with Gasteiger partial charge in [0.1, 0.15) is 6.10 Å². The number of aliphatic hydroxyl groups is 1. The van der Waals surface area contributed by atoms with E-state index in [0.717, 1.165) is 11.1 Å². The molecule has 0 spiro atoms. The van der Waals surface area contributed by atoms with E-state index < -0.39 is 6.10 Å². The van der Waals surface area contributed by atoms with Crippen LogP contribution in [-0.4, -0.2) is 23.4 Å². The molecular formula is C21H26O3. The Balaban J connectivity index is 1.70. The van der Waals surface area contributed by atoms with Gasteiger partial charge in [-0.15, -0.1) is 0 Å². The molecule has 0 aromatic heterocycles. The molecule has 4 atom stereocenters. The number of benzene rings is 2. The molecule has 3 rings (SSSR count). The Morgan fingerprint density at radius 3 is 2.54 bits per heavy atom. The Labute approximate surface area is 144 Å². The highest BCUT2D eigenvalue weighted by molar-refractivity contribution is 5.31. The number of aryl methyl sites for hydroxylation is 2. The second-order valence-corrected chi connectivity index (χ2v) is 6.73. The Morgan fingerprint density at radius 2 is 1.83 bits per heavy atom. The number of hydrogen-bond donors (Lipinski definition) is 1. The fourth-order valence-electron chi connectivity index (χ4n) is 3.17. The first-order valence-electron chi connectivity index (χ1n) is 8.61. The first-order chi connectivity index (χ1) is 11.5. The largest absolute Gasteiger partial charge is 0.388 e. The third-order valence-electron chi connectivity index (χ3n) is 4.90. The molecule has 1 heterocycles. The molecule has 128 valence electrons. The standard InChI is InChI=1S/C21H26O3/c1-14-9-10-18(11-15(14)2)19-12-20(21(22)16(3)24-19)23-13-17-7-5-4-6-8-17/h4-11,16,19-22H,12-13H2,1-3H3/t16-,19-,20-,21?/m1/s1. The molecule has 2 aromatic carbocycles. The van der Waals surface area contributed by atoms with E-state index in [1.807, 2.05) is 37.3 Å². The predicted octanol–water partition coefficient (Wildman–Crippen LogP) is 4.10. The van der Waals surface area contributed by atoms with Crippen molar-refractivity contribution in [1.29, 1.82) is 0 Å². The number of aliphatic hydroxyl groups excluding tert-OH is 1. The first kappa shape index (κ1) is 17.2. The summed E-state index contributed by atoms with van der Waals surface area (Å²) in [7, 11) is 0. The summed E-state index contributed by atoms with van der Waals surface area (Å²) in [5.74, 6) is 0. The summed E-state index contributed by atoms with van der Waals surface area (Å²) in [6.07, 6.45) is -0.437. The van der Waals surface area contributed by atoms with E-state index in [4.69, 9.17) is 9.47 Å². The Hall–Kier alpha value is -1.68. The average molecular weight is 326 g/mol. The van der Waals surface area contributed by atoms with E-state index >= 15 is 0 Å². The number of ether oxygens (including phenoxy) is 2. The highest BCUT2D eigenvalue weighted by Crippen LogP contribution is 2.34. The van der Waals surface area contributed by atoms with Gasteiger partial charge in [0, 0.05) is 6.42 Å². The maximum atomic E-state index is 10.4. The summed E-state index contributed by atoms with van der Waals surface area (Å²) in [6.45, 7) is 6.65. The van der Waals surface area contributed by atoms with Gasteiger partial charge in [-0.2, -0.15) is 0 Å². The molecule has 0 radical (unpaired) electrons. The second-order valence-electron chi connectivity index (χ2n) is 6.73. The van der Waals surface area contributed by atoms with Crippen LogP contribution in [0.5, 0.6) is 0 Å². The van der Waals surface area contributed by atoms with Crippen LogP contribution in [-0.2, 0) is 16.1 Å². The summed E-state index contributed by atoms with van der Waals surface area (Å²) >= 11 is 0. The van der Waals surface area contributed by atoms with Crippen LogP contribution in [0.1, 0.15) is 41.7 Å². The average Bonchev–Trinajstić information content (AvgIpc) is 2.59. The van der Waals surface area contributed by atoms with Gasteiger partial charge < -0.3 is 14.6 Å². The lowest BCUT2D eigenvalue weighted by molar-refractivity contribution is -0.183. The molecule has 0 amide bonds. The Morgan fingerprint density at radius 1 is 1.08 bits per heavy atom. The van der Waals surface area contributed by atoms with Crippen molar-refractivity contribution in [1.82, 2.24) is 0 Å². The summed E-state index contributed by atoms with van der Waals surface area (Å²) in [5.41, 5.74) is 4.81. The second kappa shape index (κ2) is 7.47. The highest BCUT2D eigenvalue weighted by atomic mass is 16.5. The van der Waals surface area contributed by atoms with Crippen LogP contribution in [0.15, 0.2) is 48.5 Å². The van der Waals surface area contributed by atoms with Crippen molar-refractivity contribution in [2.75, 3.05) is 0 Å². The molecule has 0 bridgehead atoms. The minimum absolute atomic E-state index is 0.0385. The quantitative estimate of drug-likeness (QED) is 0.919. The molecule has 1 saturated heterocycles. The van der Waals surface area contributed by atoms with Crippen LogP contribution < -0.4 is 0 Å². The summed E-state index contributed by atoms with van der Waals surface area (Å²) in [4.78, 5) is 0. The molecule has 1 N–H and O–H groups in total. The molecule has 1 aliphatic heterocycles. The van der Waals surface area contributed by atoms with Gasteiger partial charge >= 0.3 is 0 Å². The van der Waals surface area contributed by atoms with Gasteiger partial charge in [0.2, 0.25) is 0 Å². The van der Waals surface area contributed by atoms with E-state index in [-0.39, 0.29) is 18.3 Å². The molecule has 1 unspecified atom stereocenters. The van der Waals surface area contributed by atoms with E-state index in [9.17, 15) is 5.11 Å². The third-order valence-corrected chi connectivity index (χ3v) is 4.90. The highest BCUT2D eigenvalue weighted by Gasteiger charge is 2.36. The number of rotatable bonds is 4. The fraction of sp³-hybridized carbons (Fsp3) is 0.429.